The molecular formula is C12H17F2NO2. The lowest BCUT2D eigenvalue weighted by Gasteiger charge is -2.23. The molecule has 1 unspecified atom stereocenters. The first-order chi connectivity index (χ1) is 8.08. The third kappa shape index (κ3) is 4.03. The highest BCUT2D eigenvalue weighted by atomic mass is 19.1. The number of hydrogen-bond donors (Lipinski definition) is 2. The average molecular weight is 245 g/mol. The van der Waals surface area contributed by atoms with Crippen LogP contribution in [-0.2, 0) is 0 Å². The van der Waals surface area contributed by atoms with Gasteiger partial charge in [0.05, 0.1) is 12.7 Å². The Morgan fingerprint density at radius 3 is 2.59 bits per heavy atom. The summed E-state index contributed by atoms with van der Waals surface area (Å²) < 4.78 is 26.1. The van der Waals surface area contributed by atoms with Gasteiger partial charge in [0.2, 0.25) is 0 Å². The first kappa shape index (κ1) is 14.0. The van der Waals surface area contributed by atoms with E-state index in [1.807, 2.05) is 6.92 Å². The molecule has 0 saturated heterocycles. The summed E-state index contributed by atoms with van der Waals surface area (Å²) in [6.07, 6.45) is -1.03. The second kappa shape index (κ2) is 6.64. The predicted octanol–water partition coefficient (Wildman–Crippen LogP) is 1.31. The molecule has 3 nitrogen and oxygen atoms in total. The monoisotopic (exact) mass is 245 g/mol. The number of likely N-dealkylation sites (N-methyl/N-ethyl adjacent to an activating group) is 1. The van der Waals surface area contributed by atoms with Gasteiger partial charge < -0.3 is 10.2 Å². The number of hydrogen-bond acceptors (Lipinski definition) is 3. The number of aliphatic hydroxyl groups excluding tert-OH is 2. The Hall–Kier alpha value is -1.04. The molecule has 1 atom stereocenters. The molecule has 1 aromatic rings. The summed E-state index contributed by atoms with van der Waals surface area (Å²) in [4.78, 5) is 1.79. The molecule has 0 amide bonds. The van der Waals surface area contributed by atoms with Crippen molar-refractivity contribution in [1.29, 1.82) is 0 Å². The fourth-order valence-electron chi connectivity index (χ4n) is 1.63. The molecule has 0 radical (unpaired) electrons. The van der Waals surface area contributed by atoms with Crippen LogP contribution in [0.15, 0.2) is 18.2 Å². The molecule has 1 aromatic carbocycles. The van der Waals surface area contributed by atoms with Gasteiger partial charge in [-0.3, -0.25) is 4.90 Å². The van der Waals surface area contributed by atoms with Crippen molar-refractivity contribution >= 4 is 0 Å². The lowest BCUT2D eigenvalue weighted by atomic mass is 10.1. The maximum Gasteiger partial charge on any atom is 0.131 e. The number of rotatable bonds is 6. The first-order valence-electron chi connectivity index (χ1n) is 5.54. The summed E-state index contributed by atoms with van der Waals surface area (Å²) in [5.41, 5.74) is 0.0720. The van der Waals surface area contributed by atoms with Crippen LogP contribution in [0, 0.1) is 11.6 Å². The highest BCUT2D eigenvalue weighted by Gasteiger charge is 2.16. The molecule has 5 heteroatoms. The van der Waals surface area contributed by atoms with E-state index in [-0.39, 0.29) is 18.7 Å². The highest BCUT2D eigenvalue weighted by Crippen LogP contribution is 2.18. The minimum absolute atomic E-state index is 0.0214. The summed E-state index contributed by atoms with van der Waals surface area (Å²) >= 11 is 0. The van der Waals surface area contributed by atoms with Crippen molar-refractivity contribution in [3.63, 3.8) is 0 Å². The molecule has 17 heavy (non-hydrogen) atoms. The zero-order chi connectivity index (χ0) is 12.8. The van der Waals surface area contributed by atoms with Gasteiger partial charge in [-0.05, 0) is 12.6 Å². The van der Waals surface area contributed by atoms with Gasteiger partial charge in [-0.25, -0.2) is 8.78 Å². The number of halogens is 2. The van der Waals surface area contributed by atoms with Gasteiger partial charge in [0.1, 0.15) is 11.6 Å². The number of benzene rings is 1. The molecule has 0 aromatic heterocycles. The van der Waals surface area contributed by atoms with Crippen LogP contribution in [0.1, 0.15) is 18.6 Å². The van der Waals surface area contributed by atoms with E-state index < -0.39 is 17.7 Å². The third-order valence-corrected chi connectivity index (χ3v) is 2.62. The molecule has 0 heterocycles. The molecule has 1 rings (SSSR count). The Balaban J connectivity index is 2.71. The molecule has 96 valence electrons. The minimum Gasteiger partial charge on any atom is -0.395 e. The first-order valence-corrected chi connectivity index (χ1v) is 5.54. The molecule has 0 aliphatic carbocycles. The van der Waals surface area contributed by atoms with Crippen LogP contribution in [-0.4, -0.2) is 41.4 Å². The van der Waals surface area contributed by atoms with Gasteiger partial charge in [0, 0.05) is 24.7 Å². The highest BCUT2D eigenvalue weighted by molar-refractivity contribution is 5.21. The van der Waals surface area contributed by atoms with Gasteiger partial charge in [-0.2, -0.15) is 0 Å². The average Bonchev–Trinajstić information content (AvgIpc) is 2.28. The number of nitrogens with zero attached hydrogens (tertiary/aromatic N) is 1. The molecule has 0 aliphatic heterocycles. The summed E-state index contributed by atoms with van der Waals surface area (Å²) in [6.45, 7) is 3.12. The fourth-order valence-corrected chi connectivity index (χ4v) is 1.63. The van der Waals surface area contributed by atoms with E-state index in [1.165, 1.54) is 6.07 Å². The van der Waals surface area contributed by atoms with E-state index >= 15 is 0 Å². The topological polar surface area (TPSA) is 43.7 Å². The van der Waals surface area contributed by atoms with Crippen LogP contribution < -0.4 is 0 Å². The number of aliphatic hydroxyl groups is 2. The maximum atomic E-state index is 13.4. The lowest BCUT2D eigenvalue weighted by Crippen LogP contribution is -2.31. The molecular weight excluding hydrogens is 228 g/mol. The molecule has 0 spiro atoms. The van der Waals surface area contributed by atoms with Crippen molar-refractivity contribution in [3.05, 3.63) is 35.4 Å². The summed E-state index contributed by atoms with van der Waals surface area (Å²) in [5, 5.41) is 18.6. The Labute approximate surface area is 99.3 Å². The SMILES string of the molecule is CCN(CCO)CC(O)c1ccc(F)cc1F. The van der Waals surface area contributed by atoms with E-state index in [4.69, 9.17) is 5.11 Å². The van der Waals surface area contributed by atoms with Gasteiger partial charge in [0.15, 0.2) is 0 Å². The molecule has 0 saturated carbocycles. The van der Waals surface area contributed by atoms with Gasteiger partial charge in [-0.1, -0.05) is 13.0 Å². The standard InChI is InChI=1S/C12H17F2NO2/c1-2-15(5-6-16)8-12(17)10-4-3-9(13)7-11(10)14/h3-4,7,12,16-17H,2,5-6,8H2,1H3. The van der Waals surface area contributed by atoms with Crippen LogP contribution >= 0.6 is 0 Å². The predicted molar refractivity (Wildman–Crippen MR) is 60.5 cm³/mol. The zero-order valence-corrected chi connectivity index (χ0v) is 9.74. The zero-order valence-electron chi connectivity index (χ0n) is 9.74. The summed E-state index contributed by atoms with van der Waals surface area (Å²) in [5.74, 6) is -1.42. The van der Waals surface area contributed by atoms with Gasteiger partial charge >= 0.3 is 0 Å². The smallest absolute Gasteiger partial charge is 0.131 e. The Morgan fingerprint density at radius 2 is 2.06 bits per heavy atom. The van der Waals surface area contributed by atoms with Crippen molar-refractivity contribution in [3.8, 4) is 0 Å². The van der Waals surface area contributed by atoms with Gasteiger partial charge in [0.25, 0.3) is 0 Å². The van der Waals surface area contributed by atoms with Crippen molar-refractivity contribution in [1.82, 2.24) is 4.90 Å². The summed E-state index contributed by atoms with van der Waals surface area (Å²) in [7, 11) is 0. The van der Waals surface area contributed by atoms with E-state index in [0.717, 1.165) is 12.1 Å². The van der Waals surface area contributed by atoms with Crippen LogP contribution in [0.3, 0.4) is 0 Å². The second-order valence-electron chi connectivity index (χ2n) is 3.80. The normalized spacial score (nSPS) is 13.1. The molecule has 0 fully saturated rings. The lowest BCUT2D eigenvalue weighted by molar-refractivity contribution is 0.100. The Bertz CT molecular complexity index is 360. The maximum absolute atomic E-state index is 13.4. The molecule has 0 aliphatic rings. The van der Waals surface area contributed by atoms with E-state index in [1.54, 1.807) is 4.90 Å². The van der Waals surface area contributed by atoms with E-state index in [0.29, 0.717) is 13.1 Å². The molecule has 2 N–H and O–H groups in total. The molecule has 0 bridgehead atoms. The fraction of sp³-hybridized carbons (Fsp3) is 0.500. The largest absolute Gasteiger partial charge is 0.395 e. The van der Waals surface area contributed by atoms with Crippen LogP contribution in [0.5, 0.6) is 0 Å². The van der Waals surface area contributed by atoms with Crippen LogP contribution in [0.2, 0.25) is 0 Å². The Morgan fingerprint density at radius 1 is 1.35 bits per heavy atom. The minimum atomic E-state index is -1.03. The van der Waals surface area contributed by atoms with Crippen molar-refractivity contribution < 1.29 is 19.0 Å². The van der Waals surface area contributed by atoms with Crippen molar-refractivity contribution in [2.75, 3.05) is 26.2 Å². The van der Waals surface area contributed by atoms with Gasteiger partial charge in [-0.15, -0.1) is 0 Å². The summed E-state index contributed by atoms with van der Waals surface area (Å²) in [6, 6.07) is 3.10. The van der Waals surface area contributed by atoms with Crippen molar-refractivity contribution in [2.45, 2.75) is 13.0 Å². The quantitative estimate of drug-likeness (QED) is 0.794. The van der Waals surface area contributed by atoms with Crippen molar-refractivity contribution in [2.24, 2.45) is 0 Å². The van der Waals surface area contributed by atoms with E-state index in [9.17, 15) is 13.9 Å². The van der Waals surface area contributed by atoms with Crippen LogP contribution in [0.4, 0.5) is 8.78 Å². The third-order valence-electron chi connectivity index (χ3n) is 2.62. The van der Waals surface area contributed by atoms with Crippen LogP contribution in [0.25, 0.3) is 0 Å². The second-order valence-corrected chi connectivity index (χ2v) is 3.80. The van der Waals surface area contributed by atoms with E-state index in [2.05, 4.69) is 0 Å². The Kier molecular flexibility index (Phi) is 5.47.